The predicted molar refractivity (Wildman–Crippen MR) is 61.6 cm³/mol. The molecular weight excluding hydrogens is 220 g/mol. The predicted octanol–water partition coefficient (Wildman–Crippen LogP) is 1.60. The molecule has 1 unspecified atom stereocenters. The Kier molecular flexibility index (Phi) is 2.26. The largest absolute Gasteiger partial charge is 0.387 e. The molecule has 17 heavy (non-hydrogen) atoms. The number of epoxide rings is 1. The van der Waals surface area contributed by atoms with Crippen molar-refractivity contribution in [3.8, 4) is 0 Å². The van der Waals surface area contributed by atoms with Crippen molar-refractivity contribution in [1.82, 2.24) is 0 Å². The lowest BCUT2D eigenvalue weighted by molar-refractivity contribution is -0.184. The quantitative estimate of drug-likeness (QED) is 0.710. The van der Waals surface area contributed by atoms with Crippen molar-refractivity contribution in [1.29, 1.82) is 0 Å². The Labute approximate surface area is 102 Å². The Morgan fingerprint density at radius 3 is 1.94 bits per heavy atom. The highest BCUT2D eigenvalue weighted by Crippen LogP contribution is 2.62. The van der Waals surface area contributed by atoms with Crippen LogP contribution >= 0.6 is 0 Å². The smallest absolute Gasteiger partial charge is 0.168 e. The highest BCUT2D eigenvalue weighted by molar-refractivity contribution is 5.22. The molecule has 1 atom stereocenters. The van der Waals surface area contributed by atoms with E-state index in [-0.39, 0.29) is 11.4 Å². The highest BCUT2D eigenvalue weighted by Gasteiger charge is 2.74. The normalized spacial score (nSPS) is 38.8. The fourth-order valence-electron chi connectivity index (χ4n) is 3.45. The van der Waals surface area contributed by atoms with Crippen LogP contribution < -0.4 is 0 Å². The maximum absolute atomic E-state index is 10.2. The van der Waals surface area contributed by atoms with Gasteiger partial charge in [-0.05, 0) is 33.6 Å². The Balaban J connectivity index is 1.71. The van der Waals surface area contributed by atoms with Crippen molar-refractivity contribution in [2.24, 2.45) is 0 Å². The average molecular weight is 242 g/mol. The van der Waals surface area contributed by atoms with Gasteiger partial charge in [0.15, 0.2) is 5.79 Å². The summed E-state index contributed by atoms with van der Waals surface area (Å²) in [4.78, 5) is 0. The Hall–Kier alpha value is -0.160. The zero-order chi connectivity index (χ0) is 12.4. The van der Waals surface area contributed by atoms with Crippen molar-refractivity contribution < 1.29 is 19.3 Å². The first-order valence-corrected chi connectivity index (χ1v) is 6.53. The summed E-state index contributed by atoms with van der Waals surface area (Å²) in [6.45, 7) is 7.08. The van der Waals surface area contributed by atoms with Gasteiger partial charge in [0.1, 0.15) is 11.2 Å². The van der Waals surface area contributed by atoms with Gasteiger partial charge in [0.2, 0.25) is 0 Å². The number of rotatable bonds is 1. The number of hydrogen-bond acceptors (Lipinski definition) is 4. The second-order valence-electron chi connectivity index (χ2n) is 6.30. The minimum absolute atomic E-state index is 0.161. The maximum Gasteiger partial charge on any atom is 0.168 e. The van der Waals surface area contributed by atoms with Gasteiger partial charge in [-0.1, -0.05) is 0 Å². The minimum atomic E-state index is -0.797. The molecule has 4 nitrogen and oxygen atoms in total. The van der Waals surface area contributed by atoms with Gasteiger partial charge >= 0.3 is 0 Å². The summed E-state index contributed by atoms with van der Waals surface area (Å²) in [5, 5.41) is 10.2. The lowest BCUT2D eigenvalue weighted by Crippen LogP contribution is -2.47. The number of ether oxygens (including phenoxy) is 3. The lowest BCUT2D eigenvalue weighted by Gasteiger charge is -2.37. The average Bonchev–Trinajstić information content (AvgIpc) is 2.66. The molecule has 1 aliphatic carbocycles. The molecule has 3 rings (SSSR count). The number of aliphatic hydroxyl groups is 1. The second-order valence-corrected chi connectivity index (χ2v) is 6.30. The zero-order valence-corrected chi connectivity index (χ0v) is 10.9. The van der Waals surface area contributed by atoms with E-state index < -0.39 is 11.2 Å². The summed E-state index contributed by atoms with van der Waals surface area (Å²) in [6.07, 6.45) is 3.57. The first-order chi connectivity index (χ1) is 7.83. The van der Waals surface area contributed by atoms with Crippen LogP contribution in [-0.2, 0) is 14.2 Å². The van der Waals surface area contributed by atoms with E-state index in [2.05, 4.69) is 0 Å². The summed E-state index contributed by atoms with van der Waals surface area (Å²) in [7, 11) is 0. The van der Waals surface area contributed by atoms with Gasteiger partial charge in [0.05, 0.1) is 18.8 Å². The Morgan fingerprint density at radius 2 is 1.53 bits per heavy atom. The molecule has 0 aromatic carbocycles. The summed E-state index contributed by atoms with van der Waals surface area (Å²) in [5.74, 6) is -0.349. The van der Waals surface area contributed by atoms with Crippen molar-refractivity contribution in [2.45, 2.75) is 69.0 Å². The van der Waals surface area contributed by atoms with Crippen LogP contribution in [0.1, 0.15) is 46.5 Å². The molecule has 1 saturated carbocycles. The van der Waals surface area contributed by atoms with Crippen molar-refractivity contribution in [3.05, 3.63) is 0 Å². The SMILES string of the molecule is CC(C)(O)C1(C)OC12CCC1(CC2)OCCO1. The summed E-state index contributed by atoms with van der Waals surface area (Å²) < 4.78 is 17.4. The molecule has 2 spiro atoms. The molecule has 4 heteroatoms. The van der Waals surface area contributed by atoms with Gasteiger partial charge in [-0.2, -0.15) is 0 Å². The van der Waals surface area contributed by atoms with Crippen LogP contribution in [-0.4, -0.2) is 40.9 Å². The van der Waals surface area contributed by atoms with E-state index in [1.54, 1.807) is 0 Å². The first kappa shape index (κ1) is 11.9. The fraction of sp³-hybridized carbons (Fsp3) is 1.00. The van der Waals surface area contributed by atoms with Gasteiger partial charge < -0.3 is 19.3 Å². The van der Waals surface area contributed by atoms with Crippen LogP contribution in [0.4, 0.5) is 0 Å². The van der Waals surface area contributed by atoms with Crippen LogP contribution in [0, 0.1) is 0 Å². The van der Waals surface area contributed by atoms with E-state index >= 15 is 0 Å². The van der Waals surface area contributed by atoms with Gasteiger partial charge in [-0.25, -0.2) is 0 Å². The molecule has 2 heterocycles. The van der Waals surface area contributed by atoms with Crippen LogP contribution in [0.15, 0.2) is 0 Å². The third-order valence-corrected chi connectivity index (χ3v) is 5.03. The van der Waals surface area contributed by atoms with Gasteiger partial charge in [0.25, 0.3) is 0 Å². The third kappa shape index (κ3) is 1.51. The van der Waals surface area contributed by atoms with E-state index in [1.807, 2.05) is 20.8 Å². The van der Waals surface area contributed by atoms with E-state index in [1.165, 1.54) is 0 Å². The van der Waals surface area contributed by atoms with Gasteiger partial charge in [-0.3, -0.25) is 0 Å². The molecule has 3 fully saturated rings. The van der Waals surface area contributed by atoms with Gasteiger partial charge in [0, 0.05) is 12.8 Å². The van der Waals surface area contributed by atoms with Crippen LogP contribution in [0.3, 0.4) is 0 Å². The topological polar surface area (TPSA) is 51.2 Å². The van der Waals surface area contributed by atoms with E-state index in [0.29, 0.717) is 13.2 Å². The molecule has 3 aliphatic rings. The third-order valence-electron chi connectivity index (χ3n) is 5.03. The van der Waals surface area contributed by atoms with Crippen LogP contribution in [0.25, 0.3) is 0 Å². The molecule has 1 N–H and O–H groups in total. The molecule has 0 radical (unpaired) electrons. The Bertz CT molecular complexity index is 317. The van der Waals surface area contributed by atoms with E-state index in [9.17, 15) is 5.11 Å². The standard InChI is InChI=1S/C13H22O4/c1-10(2,14)11(3)12(17-11)4-6-13(7-5-12)15-8-9-16-13/h14H,4-9H2,1-3H3. The molecule has 0 bridgehead atoms. The number of hydrogen-bond donors (Lipinski definition) is 1. The monoisotopic (exact) mass is 242 g/mol. The van der Waals surface area contributed by atoms with Gasteiger partial charge in [-0.15, -0.1) is 0 Å². The molecule has 0 amide bonds. The molecular formula is C13H22O4. The minimum Gasteiger partial charge on any atom is -0.387 e. The first-order valence-electron chi connectivity index (χ1n) is 6.53. The van der Waals surface area contributed by atoms with E-state index in [4.69, 9.17) is 14.2 Å². The molecule has 0 aromatic rings. The molecule has 0 aromatic heterocycles. The van der Waals surface area contributed by atoms with Crippen molar-refractivity contribution in [3.63, 3.8) is 0 Å². The highest BCUT2D eigenvalue weighted by atomic mass is 16.7. The molecule has 2 aliphatic heterocycles. The summed E-state index contributed by atoms with van der Waals surface area (Å²) in [5.41, 5.74) is -1.37. The zero-order valence-electron chi connectivity index (χ0n) is 10.9. The van der Waals surface area contributed by atoms with Crippen LogP contribution in [0.5, 0.6) is 0 Å². The van der Waals surface area contributed by atoms with Crippen molar-refractivity contribution in [2.75, 3.05) is 13.2 Å². The Morgan fingerprint density at radius 1 is 1.00 bits per heavy atom. The maximum atomic E-state index is 10.2. The van der Waals surface area contributed by atoms with E-state index in [0.717, 1.165) is 25.7 Å². The molecule has 2 saturated heterocycles. The summed E-state index contributed by atoms with van der Waals surface area (Å²) in [6, 6.07) is 0. The van der Waals surface area contributed by atoms with Crippen LogP contribution in [0.2, 0.25) is 0 Å². The second kappa shape index (κ2) is 3.23. The summed E-state index contributed by atoms with van der Waals surface area (Å²) >= 11 is 0. The molecule has 98 valence electrons. The van der Waals surface area contributed by atoms with Crippen molar-refractivity contribution >= 4 is 0 Å². The fourth-order valence-corrected chi connectivity index (χ4v) is 3.45. The lowest BCUT2D eigenvalue weighted by atomic mass is 9.72.